The number of hydrogen-bond donors (Lipinski definition) is 6. The Morgan fingerprint density at radius 1 is 0.667 bits per heavy atom. The number of nitrogens with one attached hydrogen (secondary N) is 4. The third-order valence-electron chi connectivity index (χ3n) is 9.03. The molecule has 1 aromatic heterocycles. The minimum atomic E-state index is -1.17. The van der Waals surface area contributed by atoms with Crippen LogP contribution in [-0.2, 0) is 39.9 Å². The number of unbranched alkanes of at least 4 members (excludes halogenated alkanes) is 12. The number of carboxylic acid groups (broad SMARTS) is 2. The van der Waals surface area contributed by atoms with Crippen LogP contribution in [0, 0.1) is 5.92 Å². The Hall–Kier alpha value is -1.56. The van der Waals surface area contributed by atoms with Crippen molar-refractivity contribution in [1.82, 2.24) is 36.6 Å². The number of carboxylic acids is 2. The molecule has 1 aromatic rings. The van der Waals surface area contributed by atoms with E-state index in [1.54, 1.807) is 43.2 Å². The maximum absolute atomic E-state index is 12.3. The summed E-state index contributed by atoms with van der Waals surface area (Å²) in [5.41, 5.74) is 0. The first-order chi connectivity index (χ1) is 27.7. The lowest BCUT2D eigenvalue weighted by Gasteiger charge is -2.27. The summed E-state index contributed by atoms with van der Waals surface area (Å²) in [5.74, 6) is -2.49. The van der Waals surface area contributed by atoms with Gasteiger partial charge in [0.2, 0.25) is 17.7 Å². The fourth-order valence-corrected chi connectivity index (χ4v) is 19.6. The molecule has 6 N–H and O–H groups in total. The van der Waals surface area contributed by atoms with Crippen molar-refractivity contribution < 1.29 is 43.7 Å². The lowest BCUT2D eigenvalue weighted by Crippen LogP contribution is -2.41. The van der Waals surface area contributed by atoms with Gasteiger partial charge in [-0.1, -0.05) is 119 Å². The van der Waals surface area contributed by atoms with Crippen LogP contribution < -0.4 is 16.0 Å². The van der Waals surface area contributed by atoms with Crippen LogP contribution in [0.15, 0.2) is 0 Å². The monoisotopic (exact) mass is 913 g/mol. The van der Waals surface area contributed by atoms with E-state index in [-0.39, 0.29) is 77.3 Å². The van der Waals surface area contributed by atoms with Gasteiger partial charge in [-0.25, -0.2) is 4.79 Å². The van der Waals surface area contributed by atoms with E-state index in [1.807, 2.05) is 21.6 Å². The second kappa shape index (κ2) is 30.5. The van der Waals surface area contributed by atoms with Gasteiger partial charge < -0.3 is 35.6 Å². The Balaban J connectivity index is 1.05. The Bertz CT molecular complexity index is 1310. The number of rotatable bonds is 35. The molecule has 16 nitrogen and oxygen atoms in total. The van der Waals surface area contributed by atoms with Crippen LogP contribution in [0.4, 0.5) is 0 Å². The summed E-state index contributed by atoms with van der Waals surface area (Å²) in [6, 6.07) is -1.12. The lowest BCUT2D eigenvalue weighted by molar-refractivity contribution is -0.142. The molecular formula is C35H59N7O9S6. The van der Waals surface area contributed by atoms with Gasteiger partial charge in [0.1, 0.15) is 12.6 Å². The van der Waals surface area contributed by atoms with E-state index in [9.17, 15) is 34.2 Å². The average Bonchev–Trinajstić information content (AvgIpc) is 3.73. The molecule has 0 aliphatic carbocycles. The number of aromatic amines is 1. The van der Waals surface area contributed by atoms with Crippen LogP contribution in [0.1, 0.15) is 121 Å². The molecule has 3 heterocycles. The number of ether oxygens (including phenoxy) is 2. The highest BCUT2D eigenvalue weighted by Gasteiger charge is 2.53. The van der Waals surface area contributed by atoms with Crippen molar-refractivity contribution in [1.29, 1.82) is 0 Å². The highest BCUT2D eigenvalue weighted by Crippen LogP contribution is 2.84. The SMILES string of the molecule is O=C(CC[C@H](NC(=O)CCCCCCCCCCCCCCc1nn[nH]n1)C(=O)O)NCCOCCOCC(=O)NCCCC[C@@H](C(=O)O)C1SSC2(SS1)SS2. The number of carbonyl (C=O) groups excluding carboxylic acids is 3. The van der Waals surface area contributed by atoms with Crippen LogP contribution in [0.3, 0.4) is 0 Å². The molecule has 2 fully saturated rings. The molecule has 2 aliphatic rings. The Morgan fingerprint density at radius 2 is 1.30 bits per heavy atom. The molecular weight excluding hydrogens is 855 g/mol. The topological polar surface area (TPSA) is 235 Å². The van der Waals surface area contributed by atoms with Crippen molar-refractivity contribution in [3.05, 3.63) is 5.82 Å². The van der Waals surface area contributed by atoms with Crippen molar-refractivity contribution in [2.75, 3.05) is 39.5 Å². The number of aryl methyl sites for hydroxylation is 1. The zero-order chi connectivity index (χ0) is 41.0. The molecule has 3 amide bonds. The van der Waals surface area contributed by atoms with Gasteiger partial charge in [-0.3, -0.25) is 19.2 Å². The Morgan fingerprint density at radius 3 is 1.91 bits per heavy atom. The fourth-order valence-electron chi connectivity index (χ4n) is 5.77. The molecule has 0 radical (unpaired) electrons. The molecule has 57 heavy (non-hydrogen) atoms. The minimum Gasteiger partial charge on any atom is -0.481 e. The molecule has 2 aliphatic heterocycles. The van der Waals surface area contributed by atoms with E-state index >= 15 is 0 Å². The Kier molecular flexibility index (Phi) is 26.6. The molecule has 0 aromatic carbocycles. The summed E-state index contributed by atoms with van der Waals surface area (Å²) < 4.78 is 10.9. The second-order valence-corrected chi connectivity index (χ2v) is 23.3. The number of tetrazole rings is 1. The number of aliphatic carboxylic acids is 2. The van der Waals surface area contributed by atoms with Crippen molar-refractivity contribution >= 4 is 94.4 Å². The summed E-state index contributed by atoms with van der Waals surface area (Å²) in [4.78, 5) is 60.1. The van der Waals surface area contributed by atoms with E-state index < -0.39 is 23.9 Å². The van der Waals surface area contributed by atoms with Gasteiger partial charge in [0.15, 0.2) is 8.57 Å². The molecule has 0 bridgehead atoms. The normalized spacial score (nSPS) is 15.9. The lowest BCUT2D eigenvalue weighted by atomic mass is 10.0. The molecule has 22 heteroatoms. The number of nitrogens with zero attached hydrogens (tertiary/aromatic N) is 3. The van der Waals surface area contributed by atoms with Crippen LogP contribution >= 0.6 is 64.8 Å². The van der Waals surface area contributed by atoms with Gasteiger partial charge in [-0.2, -0.15) is 5.21 Å². The predicted octanol–water partition coefficient (Wildman–Crippen LogP) is 6.41. The number of carbonyl (C=O) groups is 5. The van der Waals surface area contributed by atoms with Crippen molar-refractivity contribution in [2.45, 2.75) is 135 Å². The summed E-state index contributed by atoms with van der Waals surface area (Å²) in [5, 5.41) is 41.2. The fraction of sp³-hybridized carbons (Fsp3) is 0.829. The van der Waals surface area contributed by atoms with Gasteiger partial charge in [0.05, 0.1) is 30.3 Å². The summed E-state index contributed by atoms with van der Waals surface area (Å²) in [6.45, 7) is 1.20. The van der Waals surface area contributed by atoms with Gasteiger partial charge in [-0.15, -0.1) is 10.2 Å². The maximum Gasteiger partial charge on any atom is 0.326 e. The molecule has 2 saturated heterocycles. The van der Waals surface area contributed by atoms with E-state index in [1.165, 1.54) is 44.9 Å². The van der Waals surface area contributed by atoms with Crippen LogP contribution in [0.2, 0.25) is 0 Å². The molecule has 324 valence electrons. The third kappa shape index (κ3) is 23.7. The zero-order valence-electron chi connectivity index (χ0n) is 32.5. The van der Waals surface area contributed by atoms with E-state index in [2.05, 4.69) is 36.6 Å². The van der Waals surface area contributed by atoms with Gasteiger partial charge in [-0.05, 0) is 53.7 Å². The van der Waals surface area contributed by atoms with E-state index in [0.717, 1.165) is 37.9 Å². The first-order valence-corrected chi connectivity index (χ1v) is 26.5. The number of H-pyrrole nitrogens is 1. The van der Waals surface area contributed by atoms with Crippen LogP contribution in [0.5, 0.6) is 0 Å². The third-order valence-corrected chi connectivity index (χ3v) is 22.9. The van der Waals surface area contributed by atoms with Crippen LogP contribution in [-0.4, -0.2) is 113 Å². The summed E-state index contributed by atoms with van der Waals surface area (Å²) >= 11 is 0. The van der Waals surface area contributed by atoms with Crippen molar-refractivity contribution in [2.24, 2.45) is 5.92 Å². The van der Waals surface area contributed by atoms with Crippen molar-refractivity contribution in [3.8, 4) is 0 Å². The molecule has 1 spiro atoms. The quantitative estimate of drug-likeness (QED) is 0.0245. The van der Waals surface area contributed by atoms with Gasteiger partial charge in [0.25, 0.3) is 0 Å². The zero-order valence-corrected chi connectivity index (χ0v) is 37.4. The van der Waals surface area contributed by atoms with Gasteiger partial charge >= 0.3 is 11.9 Å². The number of amides is 3. The first kappa shape index (κ1) is 49.8. The Labute approximate surface area is 359 Å². The molecule has 2 atom stereocenters. The largest absolute Gasteiger partial charge is 0.481 e. The molecule has 0 saturated carbocycles. The first-order valence-electron chi connectivity index (χ1n) is 19.9. The molecule has 0 unspecified atom stereocenters. The average molecular weight is 914 g/mol. The number of aromatic nitrogens is 4. The van der Waals surface area contributed by atoms with Gasteiger partial charge in [0, 0.05) is 32.4 Å². The second-order valence-electron chi connectivity index (χ2n) is 13.8. The minimum absolute atomic E-state index is 0.00710. The molecule has 3 rings (SSSR count). The summed E-state index contributed by atoms with van der Waals surface area (Å²) in [6.07, 6.45) is 16.5. The van der Waals surface area contributed by atoms with E-state index in [0.29, 0.717) is 32.2 Å². The maximum atomic E-state index is 12.3. The van der Waals surface area contributed by atoms with E-state index in [4.69, 9.17) is 9.47 Å². The highest BCUT2D eigenvalue weighted by molar-refractivity contribution is 9.14. The summed E-state index contributed by atoms with van der Waals surface area (Å²) in [7, 11) is 10.5. The van der Waals surface area contributed by atoms with Crippen LogP contribution in [0.25, 0.3) is 0 Å². The van der Waals surface area contributed by atoms with Crippen molar-refractivity contribution in [3.63, 3.8) is 0 Å². The highest BCUT2D eigenvalue weighted by atomic mass is 33.2. The number of hydrogen-bond acceptors (Lipinski definition) is 16. The predicted molar refractivity (Wildman–Crippen MR) is 231 cm³/mol. The smallest absolute Gasteiger partial charge is 0.326 e. The standard InChI is InChI=1S/C35H59N7O9S6/c43-29(19-18-27(33(48)49)38-30(44)17-12-10-8-6-4-2-1-3-5-7-9-11-16-28-39-41-42-40-28)37-21-22-50-23-24-51-25-31(45)36-20-14-13-15-26(32(46)47)34-52-54-35(55-53-34)56-57-35/h26-27,34H,1-25H2,(H,36,45)(H,37,43)(H,38,44)(H,46,47)(H,48,49)(H,39,40,41,42)/t26-,27-/m0/s1.